The quantitative estimate of drug-likeness (QED) is 0.651. The molecule has 17 heavy (non-hydrogen) atoms. The van der Waals surface area contributed by atoms with Crippen LogP contribution < -0.4 is 10.3 Å². The fourth-order valence-corrected chi connectivity index (χ4v) is 2.02. The standard InChI is InChI=1S/C14H11NO2/c1-17-9-6-7-13-12(8-9)10-4-2-3-5-11(10)14(16)15-13/h2-8H,1H3,(H,15,16)/i1D3. The van der Waals surface area contributed by atoms with Gasteiger partial charge in [-0.2, -0.15) is 0 Å². The molecule has 0 saturated carbocycles. The minimum absolute atomic E-state index is 0.169. The summed E-state index contributed by atoms with van der Waals surface area (Å²) >= 11 is 0. The number of aromatic nitrogens is 1. The van der Waals surface area contributed by atoms with Gasteiger partial charge < -0.3 is 9.72 Å². The van der Waals surface area contributed by atoms with E-state index in [1.54, 1.807) is 24.3 Å². The third-order valence-electron chi connectivity index (χ3n) is 2.82. The molecule has 1 heterocycles. The average Bonchev–Trinajstić information content (AvgIpc) is 2.38. The van der Waals surface area contributed by atoms with E-state index in [0.717, 1.165) is 10.8 Å². The van der Waals surface area contributed by atoms with Gasteiger partial charge in [0.25, 0.3) is 5.56 Å². The smallest absolute Gasteiger partial charge is 0.256 e. The summed E-state index contributed by atoms with van der Waals surface area (Å²) in [6.07, 6.45) is 0. The molecule has 0 aliphatic heterocycles. The summed E-state index contributed by atoms with van der Waals surface area (Å²) in [6.45, 7) is 0. The molecule has 0 amide bonds. The number of benzene rings is 2. The Morgan fingerprint density at radius 2 is 1.94 bits per heavy atom. The summed E-state index contributed by atoms with van der Waals surface area (Å²) < 4.78 is 26.3. The molecule has 0 fully saturated rings. The lowest BCUT2D eigenvalue weighted by atomic mass is 10.1. The number of aromatic amines is 1. The predicted octanol–water partition coefficient (Wildman–Crippen LogP) is 2.69. The second-order valence-electron chi connectivity index (χ2n) is 3.81. The van der Waals surface area contributed by atoms with Crippen LogP contribution in [0.1, 0.15) is 4.11 Å². The van der Waals surface area contributed by atoms with Gasteiger partial charge in [-0.25, -0.2) is 0 Å². The zero-order valence-corrected chi connectivity index (χ0v) is 8.86. The number of pyridine rings is 1. The maximum absolute atomic E-state index is 11.9. The number of fused-ring (bicyclic) bond motifs is 3. The van der Waals surface area contributed by atoms with Gasteiger partial charge in [-0.1, -0.05) is 18.2 Å². The number of methoxy groups -OCH3 is 1. The predicted molar refractivity (Wildman–Crippen MR) is 68.6 cm³/mol. The molecular weight excluding hydrogens is 214 g/mol. The van der Waals surface area contributed by atoms with Gasteiger partial charge in [-0.3, -0.25) is 4.79 Å². The van der Waals surface area contributed by atoms with Crippen LogP contribution in [-0.4, -0.2) is 12.0 Å². The van der Waals surface area contributed by atoms with Gasteiger partial charge in [0.15, 0.2) is 0 Å². The zero-order chi connectivity index (χ0) is 14.3. The molecule has 3 nitrogen and oxygen atoms in total. The zero-order valence-electron chi connectivity index (χ0n) is 11.9. The largest absolute Gasteiger partial charge is 0.497 e. The third-order valence-corrected chi connectivity index (χ3v) is 2.82. The lowest BCUT2D eigenvalue weighted by Gasteiger charge is -2.05. The Bertz CT molecular complexity index is 852. The van der Waals surface area contributed by atoms with Crippen LogP contribution in [-0.2, 0) is 0 Å². The highest BCUT2D eigenvalue weighted by molar-refractivity contribution is 6.05. The van der Waals surface area contributed by atoms with Crippen LogP contribution in [0.4, 0.5) is 0 Å². The molecule has 3 aromatic rings. The van der Waals surface area contributed by atoms with Crippen molar-refractivity contribution in [3.8, 4) is 5.75 Å². The molecule has 84 valence electrons. The Morgan fingerprint density at radius 1 is 1.12 bits per heavy atom. The second kappa shape index (κ2) is 3.63. The molecule has 1 N–H and O–H groups in total. The average molecular weight is 228 g/mol. The van der Waals surface area contributed by atoms with Crippen molar-refractivity contribution in [3.63, 3.8) is 0 Å². The van der Waals surface area contributed by atoms with E-state index in [1.165, 1.54) is 6.07 Å². The summed E-state index contributed by atoms with van der Waals surface area (Å²) in [5.41, 5.74) is 0.476. The molecule has 0 spiro atoms. The van der Waals surface area contributed by atoms with Gasteiger partial charge in [-0.15, -0.1) is 0 Å². The molecule has 0 radical (unpaired) electrons. The molecule has 0 atom stereocenters. The summed E-state index contributed by atoms with van der Waals surface area (Å²) in [6, 6.07) is 12.0. The highest BCUT2D eigenvalue weighted by Crippen LogP contribution is 2.24. The summed E-state index contributed by atoms with van der Waals surface area (Å²) in [5.74, 6) is 0.245. The molecule has 0 bridgehead atoms. The molecule has 3 heteroatoms. The third kappa shape index (κ3) is 1.47. The number of H-pyrrole nitrogens is 1. The van der Waals surface area contributed by atoms with Gasteiger partial charge in [0.2, 0.25) is 0 Å². The van der Waals surface area contributed by atoms with E-state index in [4.69, 9.17) is 8.85 Å². The van der Waals surface area contributed by atoms with Crippen molar-refractivity contribution < 1.29 is 8.85 Å². The molecule has 0 aliphatic carbocycles. The number of hydrogen-bond acceptors (Lipinski definition) is 2. The van der Waals surface area contributed by atoms with Crippen molar-refractivity contribution in [1.82, 2.24) is 4.98 Å². The summed E-state index contributed by atoms with van der Waals surface area (Å²) in [4.78, 5) is 14.7. The summed E-state index contributed by atoms with van der Waals surface area (Å²) in [5, 5.41) is 2.08. The number of hydrogen-bond donors (Lipinski definition) is 1. The molecule has 0 saturated heterocycles. The minimum atomic E-state index is -2.49. The van der Waals surface area contributed by atoms with Crippen molar-refractivity contribution in [3.05, 3.63) is 52.8 Å². The highest BCUT2D eigenvalue weighted by atomic mass is 16.5. The van der Waals surface area contributed by atoms with Crippen molar-refractivity contribution in [2.75, 3.05) is 7.04 Å². The van der Waals surface area contributed by atoms with Crippen LogP contribution in [0.25, 0.3) is 21.7 Å². The number of rotatable bonds is 1. The maximum Gasteiger partial charge on any atom is 0.256 e. The summed E-state index contributed by atoms with van der Waals surface area (Å²) in [7, 11) is -2.49. The lowest BCUT2D eigenvalue weighted by Crippen LogP contribution is -2.05. The lowest BCUT2D eigenvalue weighted by molar-refractivity contribution is 0.415. The van der Waals surface area contributed by atoms with E-state index in [1.807, 2.05) is 12.1 Å². The Morgan fingerprint density at radius 3 is 2.76 bits per heavy atom. The van der Waals surface area contributed by atoms with Gasteiger partial charge in [0, 0.05) is 16.3 Å². The van der Waals surface area contributed by atoms with Crippen LogP contribution in [0.2, 0.25) is 0 Å². The van der Waals surface area contributed by atoms with Crippen LogP contribution >= 0.6 is 0 Å². The topological polar surface area (TPSA) is 42.1 Å². The second-order valence-corrected chi connectivity index (χ2v) is 3.81. The Kier molecular flexibility index (Phi) is 1.52. The Balaban J connectivity index is 2.30. The SMILES string of the molecule is [2H]C([2H])([2H])Oc1ccc2[nH]c(=O)c3ccccc3c2c1. The van der Waals surface area contributed by atoms with E-state index in [2.05, 4.69) is 4.98 Å². The van der Waals surface area contributed by atoms with Crippen molar-refractivity contribution >= 4 is 21.7 Å². The number of ether oxygens (including phenoxy) is 1. The Labute approximate surface area is 102 Å². The van der Waals surface area contributed by atoms with Crippen LogP contribution in [0, 0.1) is 0 Å². The van der Waals surface area contributed by atoms with E-state index in [9.17, 15) is 4.79 Å². The van der Waals surface area contributed by atoms with Crippen molar-refractivity contribution in [1.29, 1.82) is 0 Å². The van der Waals surface area contributed by atoms with Crippen LogP contribution in [0.5, 0.6) is 5.75 Å². The molecule has 0 aliphatic rings. The van der Waals surface area contributed by atoms with Gasteiger partial charge in [-0.05, 0) is 29.7 Å². The molecule has 2 aromatic carbocycles. The van der Waals surface area contributed by atoms with E-state index in [0.29, 0.717) is 10.9 Å². The minimum Gasteiger partial charge on any atom is -0.497 e. The van der Waals surface area contributed by atoms with Crippen LogP contribution in [0.15, 0.2) is 47.3 Å². The van der Waals surface area contributed by atoms with Crippen molar-refractivity contribution in [2.24, 2.45) is 0 Å². The fourth-order valence-electron chi connectivity index (χ4n) is 2.02. The van der Waals surface area contributed by atoms with Gasteiger partial charge in [0.05, 0.1) is 11.2 Å². The first kappa shape index (κ1) is 7.12. The van der Waals surface area contributed by atoms with Crippen LogP contribution in [0.3, 0.4) is 0 Å². The highest BCUT2D eigenvalue weighted by Gasteiger charge is 2.05. The monoisotopic (exact) mass is 228 g/mol. The van der Waals surface area contributed by atoms with Gasteiger partial charge >= 0.3 is 0 Å². The molecule has 0 unspecified atom stereocenters. The first-order valence-electron chi connectivity index (χ1n) is 6.68. The molecule has 1 aromatic heterocycles. The van der Waals surface area contributed by atoms with E-state index >= 15 is 0 Å². The molecule has 3 rings (SSSR count). The van der Waals surface area contributed by atoms with E-state index in [-0.39, 0.29) is 11.3 Å². The van der Waals surface area contributed by atoms with Gasteiger partial charge in [0.1, 0.15) is 5.75 Å². The first-order valence-corrected chi connectivity index (χ1v) is 5.18. The Hall–Kier alpha value is -2.29. The van der Waals surface area contributed by atoms with E-state index < -0.39 is 7.04 Å². The fraction of sp³-hybridized carbons (Fsp3) is 0.0714. The first-order chi connectivity index (χ1) is 9.44. The van der Waals surface area contributed by atoms with Crippen molar-refractivity contribution in [2.45, 2.75) is 0 Å². The normalized spacial score (nSPS) is 14.2. The maximum atomic E-state index is 11.9. The number of nitrogens with one attached hydrogen (secondary N) is 1. The molecular formula is C14H11NO2.